The molecule has 2 aromatic carbocycles. The number of aryl methyl sites for hydroxylation is 1. The zero-order chi connectivity index (χ0) is 21.3. The van der Waals surface area contributed by atoms with Crippen LogP contribution in [-0.4, -0.2) is 28.8 Å². The van der Waals surface area contributed by atoms with Crippen LogP contribution in [0, 0.1) is 6.92 Å². The van der Waals surface area contributed by atoms with E-state index in [1.54, 1.807) is 47.1 Å². The highest BCUT2D eigenvalue weighted by Gasteiger charge is 2.18. The first-order chi connectivity index (χ1) is 14.5. The van der Waals surface area contributed by atoms with E-state index in [4.69, 9.17) is 16.3 Å². The van der Waals surface area contributed by atoms with E-state index in [2.05, 4.69) is 9.84 Å². The van der Waals surface area contributed by atoms with E-state index in [-0.39, 0.29) is 6.61 Å². The molecule has 0 aliphatic carbocycles. The van der Waals surface area contributed by atoms with Gasteiger partial charge in [-0.15, -0.1) is 11.3 Å². The number of carbonyl (C=O) groups excluding carboxylic acids is 2. The fraction of sp³-hybridized carbons (Fsp3) is 0.136. The molecule has 0 amide bonds. The van der Waals surface area contributed by atoms with E-state index < -0.39 is 11.9 Å². The second-order valence-corrected chi connectivity index (χ2v) is 8.03. The number of hydrogen-bond donors (Lipinski definition) is 0. The summed E-state index contributed by atoms with van der Waals surface area (Å²) in [6.45, 7) is 2.01. The van der Waals surface area contributed by atoms with Crippen LogP contribution < -0.4 is 0 Å². The predicted molar refractivity (Wildman–Crippen MR) is 116 cm³/mol. The van der Waals surface area contributed by atoms with E-state index in [1.807, 2.05) is 19.1 Å². The second kappa shape index (κ2) is 8.30. The third kappa shape index (κ3) is 3.94. The molecule has 2 heterocycles. The lowest BCUT2D eigenvalue weighted by molar-refractivity contribution is 0.0477. The van der Waals surface area contributed by atoms with Crippen LogP contribution in [0.2, 0.25) is 5.02 Å². The molecule has 0 unspecified atom stereocenters. The first-order valence-corrected chi connectivity index (χ1v) is 10.2. The van der Waals surface area contributed by atoms with Crippen molar-refractivity contribution in [2.75, 3.05) is 7.11 Å². The largest absolute Gasteiger partial charge is 0.465 e. The van der Waals surface area contributed by atoms with Crippen LogP contribution in [0.25, 0.3) is 15.9 Å². The normalized spacial score (nSPS) is 10.9. The third-order valence-electron chi connectivity index (χ3n) is 4.56. The van der Waals surface area contributed by atoms with Crippen molar-refractivity contribution in [2.24, 2.45) is 0 Å². The van der Waals surface area contributed by atoms with Crippen molar-refractivity contribution in [3.05, 3.63) is 81.3 Å². The number of ether oxygens (including phenoxy) is 2. The molecule has 6 nitrogen and oxygen atoms in total. The third-order valence-corrected chi connectivity index (χ3v) is 5.90. The number of rotatable bonds is 5. The fourth-order valence-electron chi connectivity index (χ4n) is 2.98. The number of esters is 2. The summed E-state index contributed by atoms with van der Waals surface area (Å²) in [5.74, 6) is -0.816. The molecule has 0 spiro atoms. The van der Waals surface area contributed by atoms with Gasteiger partial charge in [-0.1, -0.05) is 23.7 Å². The molecular weight excluding hydrogens is 424 g/mol. The molecule has 30 heavy (non-hydrogen) atoms. The van der Waals surface area contributed by atoms with Crippen molar-refractivity contribution in [1.82, 2.24) is 9.78 Å². The Kier molecular flexibility index (Phi) is 5.57. The SMILES string of the molecule is COC(=O)c1ccc(COC(=O)c2cc3c(C)nn(-c4ccc(Cl)cc4)c3s2)cc1. The Balaban J connectivity index is 1.52. The number of nitrogens with zero attached hydrogens (tertiary/aromatic N) is 2. The van der Waals surface area contributed by atoms with Crippen LogP contribution in [0.1, 0.15) is 31.3 Å². The summed E-state index contributed by atoms with van der Waals surface area (Å²) < 4.78 is 11.9. The molecule has 152 valence electrons. The number of methoxy groups -OCH3 is 1. The van der Waals surface area contributed by atoms with Gasteiger partial charge in [-0.25, -0.2) is 14.3 Å². The number of fused-ring (bicyclic) bond motifs is 1. The summed E-state index contributed by atoms with van der Waals surface area (Å²) in [5.41, 5.74) is 2.92. The Labute approximate surface area is 181 Å². The average Bonchev–Trinajstić information content (AvgIpc) is 3.33. The van der Waals surface area contributed by atoms with E-state index in [0.29, 0.717) is 15.5 Å². The topological polar surface area (TPSA) is 70.4 Å². The first kappa shape index (κ1) is 20.1. The standard InChI is InChI=1S/C22H17ClN2O4S/c1-13-18-11-19(30-20(18)25(24-13)17-9-7-16(23)8-10-17)22(27)29-12-14-3-5-15(6-4-14)21(26)28-2/h3-11H,12H2,1-2H3. The zero-order valence-corrected chi connectivity index (χ0v) is 17.8. The molecule has 2 aromatic heterocycles. The second-order valence-electron chi connectivity index (χ2n) is 6.57. The van der Waals surface area contributed by atoms with Crippen LogP contribution in [0.15, 0.2) is 54.6 Å². The van der Waals surface area contributed by atoms with Gasteiger partial charge < -0.3 is 9.47 Å². The van der Waals surface area contributed by atoms with Gasteiger partial charge in [-0.05, 0) is 55.0 Å². The van der Waals surface area contributed by atoms with Crippen molar-refractivity contribution < 1.29 is 19.1 Å². The average molecular weight is 441 g/mol. The van der Waals surface area contributed by atoms with Crippen molar-refractivity contribution in [1.29, 1.82) is 0 Å². The molecule has 4 aromatic rings. The van der Waals surface area contributed by atoms with Gasteiger partial charge in [0.15, 0.2) is 0 Å². The highest BCUT2D eigenvalue weighted by atomic mass is 35.5. The number of thiophene rings is 1. The van der Waals surface area contributed by atoms with Crippen LogP contribution in [0.4, 0.5) is 0 Å². The van der Waals surface area contributed by atoms with Gasteiger partial charge in [0.05, 0.1) is 24.1 Å². The minimum Gasteiger partial charge on any atom is -0.465 e. The summed E-state index contributed by atoms with van der Waals surface area (Å²) in [4.78, 5) is 25.4. The summed E-state index contributed by atoms with van der Waals surface area (Å²) in [6.07, 6.45) is 0. The molecule has 0 N–H and O–H groups in total. The highest BCUT2D eigenvalue weighted by Crippen LogP contribution is 2.31. The number of benzene rings is 2. The number of halogens is 1. The summed E-state index contributed by atoms with van der Waals surface area (Å²) in [6, 6.07) is 15.9. The summed E-state index contributed by atoms with van der Waals surface area (Å²) in [7, 11) is 1.33. The number of hydrogen-bond acceptors (Lipinski definition) is 6. The Morgan fingerprint density at radius 3 is 2.43 bits per heavy atom. The monoisotopic (exact) mass is 440 g/mol. The minimum absolute atomic E-state index is 0.108. The number of carbonyl (C=O) groups is 2. The van der Waals surface area contributed by atoms with E-state index in [1.165, 1.54) is 18.4 Å². The van der Waals surface area contributed by atoms with E-state index >= 15 is 0 Å². The van der Waals surface area contributed by atoms with Crippen LogP contribution in [-0.2, 0) is 16.1 Å². The van der Waals surface area contributed by atoms with Gasteiger partial charge in [-0.2, -0.15) is 5.10 Å². The molecule has 0 aliphatic heterocycles. The predicted octanol–water partition coefficient (Wildman–Crippen LogP) is 5.19. The van der Waals surface area contributed by atoms with Gasteiger partial charge in [0.2, 0.25) is 0 Å². The maximum absolute atomic E-state index is 12.6. The van der Waals surface area contributed by atoms with E-state index in [9.17, 15) is 9.59 Å². The molecule has 0 saturated heterocycles. The molecule has 0 aliphatic rings. The molecule has 0 saturated carbocycles. The van der Waals surface area contributed by atoms with Crippen molar-refractivity contribution in [3.63, 3.8) is 0 Å². The Hall–Kier alpha value is -3.16. The molecular formula is C22H17ClN2O4S. The lowest BCUT2D eigenvalue weighted by Gasteiger charge is -2.05. The Morgan fingerprint density at radius 1 is 1.07 bits per heavy atom. The van der Waals surface area contributed by atoms with Gasteiger partial charge in [0.25, 0.3) is 0 Å². The highest BCUT2D eigenvalue weighted by molar-refractivity contribution is 7.20. The molecule has 8 heteroatoms. The lowest BCUT2D eigenvalue weighted by Crippen LogP contribution is -2.04. The van der Waals surface area contributed by atoms with E-state index in [0.717, 1.165) is 27.2 Å². The van der Waals surface area contributed by atoms with Gasteiger partial charge >= 0.3 is 11.9 Å². The Bertz CT molecular complexity index is 1230. The van der Waals surface area contributed by atoms with Crippen LogP contribution >= 0.6 is 22.9 Å². The molecule has 0 fully saturated rings. The van der Waals surface area contributed by atoms with Gasteiger partial charge in [0, 0.05) is 10.4 Å². The Morgan fingerprint density at radius 2 is 1.77 bits per heavy atom. The van der Waals surface area contributed by atoms with Gasteiger partial charge in [0.1, 0.15) is 16.3 Å². The molecule has 0 atom stereocenters. The maximum atomic E-state index is 12.6. The van der Waals surface area contributed by atoms with Crippen LogP contribution in [0.5, 0.6) is 0 Å². The lowest BCUT2D eigenvalue weighted by atomic mass is 10.1. The zero-order valence-electron chi connectivity index (χ0n) is 16.2. The van der Waals surface area contributed by atoms with Crippen LogP contribution in [0.3, 0.4) is 0 Å². The molecule has 4 rings (SSSR count). The number of aromatic nitrogens is 2. The molecule has 0 radical (unpaired) electrons. The maximum Gasteiger partial charge on any atom is 0.348 e. The minimum atomic E-state index is -0.408. The fourth-order valence-corrected chi connectivity index (χ4v) is 4.18. The smallest absolute Gasteiger partial charge is 0.348 e. The first-order valence-electron chi connectivity index (χ1n) is 9.06. The van der Waals surface area contributed by atoms with Gasteiger partial charge in [-0.3, -0.25) is 0 Å². The van der Waals surface area contributed by atoms with Crippen molar-refractivity contribution >= 4 is 45.1 Å². The summed E-state index contributed by atoms with van der Waals surface area (Å²) >= 11 is 7.30. The van der Waals surface area contributed by atoms with Crippen molar-refractivity contribution in [2.45, 2.75) is 13.5 Å². The quantitative estimate of drug-likeness (QED) is 0.399. The molecule has 0 bridgehead atoms. The van der Waals surface area contributed by atoms with Crippen molar-refractivity contribution in [3.8, 4) is 5.69 Å². The summed E-state index contributed by atoms with van der Waals surface area (Å²) in [5, 5.41) is 6.12.